The van der Waals surface area contributed by atoms with E-state index in [0.717, 1.165) is 10.4 Å². The molecule has 2 aromatic carbocycles. The minimum Gasteiger partial charge on any atom is -0.504 e. The fourth-order valence-corrected chi connectivity index (χ4v) is 3.64. The zero-order chi connectivity index (χ0) is 21.0. The lowest BCUT2D eigenvalue weighted by molar-refractivity contribution is -0.111. The number of anilines is 1. The van der Waals surface area contributed by atoms with Crippen molar-refractivity contribution in [2.45, 2.75) is 0 Å². The van der Waals surface area contributed by atoms with E-state index < -0.39 is 11.9 Å². The van der Waals surface area contributed by atoms with Gasteiger partial charge in [-0.2, -0.15) is 0 Å². The Kier molecular flexibility index (Phi) is 6.21. The number of carbonyl (C=O) groups is 2. The summed E-state index contributed by atoms with van der Waals surface area (Å²) in [6.45, 7) is 0. The van der Waals surface area contributed by atoms with Crippen LogP contribution in [-0.2, 0) is 9.53 Å². The summed E-state index contributed by atoms with van der Waals surface area (Å²) in [5, 5.41) is 22.1. The molecule has 1 amide bonds. The van der Waals surface area contributed by atoms with Crippen molar-refractivity contribution < 1.29 is 24.5 Å². The van der Waals surface area contributed by atoms with E-state index in [0.29, 0.717) is 16.3 Å². The summed E-state index contributed by atoms with van der Waals surface area (Å²) < 4.78 is 4.81. The molecule has 3 rings (SSSR count). The number of ether oxygens (including phenoxy) is 1. The molecule has 0 atom stereocenters. The first kappa shape index (κ1) is 20.4. The van der Waals surface area contributed by atoms with Gasteiger partial charge in [-0.3, -0.25) is 4.79 Å². The van der Waals surface area contributed by atoms with Gasteiger partial charge in [0.25, 0.3) is 0 Å². The first-order chi connectivity index (χ1) is 13.9. The van der Waals surface area contributed by atoms with Crippen LogP contribution in [0.15, 0.2) is 54.6 Å². The molecule has 0 spiro atoms. The molecule has 0 saturated heterocycles. The number of aromatic hydroxyl groups is 2. The van der Waals surface area contributed by atoms with Crippen molar-refractivity contribution >= 4 is 46.6 Å². The van der Waals surface area contributed by atoms with Crippen LogP contribution in [0.3, 0.4) is 0 Å². The Morgan fingerprint density at radius 3 is 2.45 bits per heavy atom. The zero-order valence-electron chi connectivity index (χ0n) is 15.2. The lowest BCUT2D eigenvalue weighted by Gasteiger charge is -2.03. The molecule has 0 radical (unpaired) electrons. The summed E-state index contributed by atoms with van der Waals surface area (Å²) >= 11 is 7.11. The van der Waals surface area contributed by atoms with E-state index in [4.69, 9.17) is 16.3 Å². The predicted molar refractivity (Wildman–Crippen MR) is 114 cm³/mol. The van der Waals surface area contributed by atoms with Gasteiger partial charge in [0, 0.05) is 16.0 Å². The number of methoxy groups -OCH3 is 1. The van der Waals surface area contributed by atoms with Crippen LogP contribution in [0.2, 0.25) is 5.02 Å². The summed E-state index contributed by atoms with van der Waals surface area (Å²) in [6, 6.07) is 13.0. The quantitative estimate of drug-likeness (QED) is 0.304. The van der Waals surface area contributed by atoms with Gasteiger partial charge in [-0.25, -0.2) is 4.79 Å². The molecule has 8 heteroatoms. The Bertz CT molecular complexity index is 1090. The Morgan fingerprint density at radius 1 is 1.07 bits per heavy atom. The lowest BCUT2D eigenvalue weighted by atomic mass is 10.2. The monoisotopic (exact) mass is 429 g/mol. The van der Waals surface area contributed by atoms with Gasteiger partial charge in [-0.15, -0.1) is 11.3 Å². The van der Waals surface area contributed by atoms with Crippen molar-refractivity contribution in [1.82, 2.24) is 0 Å². The average molecular weight is 430 g/mol. The molecule has 1 heterocycles. The van der Waals surface area contributed by atoms with E-state index in [1.165, 1.54) is 42.7 Å². The molecule has 0 aliphatic carbocycles. The SMILES string of the molecule is COC(=O)c1sc(-c2ccc(Cl)cc2)cc1NC(=O)C=Cc1ccc(O)c(O)c1. The molecule has 29 heavy (non-hydrogen) atoms. The Hall–Kier alpha value is -3.29. The zero-order valence-corrected chi connectivity index (χ0v) is 16.8. The van der Waals surface area contributed by atoms with E-state index >= 15 is 0 Å². The van der Waals surface area contributed by atoms with E-state index in [-0.39, 0.29) is 16.4 Å². The van der Waals surface area contributed by atoms with Crippen LogP contribution >= 0.6 is 22.9 Å². The second-order valence-electron chi connectivity index (χ2n) is 5.92. The summed E-state index contributed by atoms with van der Waals surface area (Å²) in [4.78, 5) is 25.5. The van der Waals surface area contributed by atoms with Crippen molar-refractivity contribution in [1.29, 1.82) is 0 Å². The topological polar surface area (TPSA) is 95.9 Å². The van der Waals surface area contributed by atoms with Crippen LogP contribution in [0, 0.1) is 0 Å². The van der Waals surface area contributed by atoms with Gasteiger partial charge < -0.3 is 20.3 Å². The van der Waals surface area contributed by atoms with Gasteiger partial charge in [0.15, 0.2) is 11.5 Å². The van der Waals surface area contributed by atoms with E-state index in [9.17, 15) is 19.8 Å². The van der Waals surface area contributed by atoms with Gasteiger partial charge in [0.2, 0.25) is 5.91 Å². The third kappa shape index (κ3) is 4.96. The van der Waals surface area contributed by atoms with Crippen molar-refractivity contribution in [3.63, 3.8) is 0 Å². The smallest absolute Gasteiger partial charge is 0.350 e. The summed E-state index contributed by atoms with van der Waals surface area (Å²) in [5.74, 6) is -1.56. The van der Waals surface area contributed by atoms with Gasteiger partial charge in [-0.05, 0) is 47.5 Å². The normalized spacial score (nSPS) is 10.8. The van der Waals surface area contributed by atoms with E-state index in [1.807, 2.05) is 12.1 Å². The maximum atomic E-state index is 12.3. The Labute approximate surface area is 175 Å². The molecule has 0 aliphatic rings. The first-order valence-electron chi connectivity index (χ1n) is 8.36. The third-order valence-electron chi connectivity index (χ3n) is 3.92. The van der Waals surface area contributed by atoms with E-state index in [1.54, 1.807) is 24.3 Å². The second kappa shape index (κ2) is 8.81. The lowest BCUT2D eigenvalue weighted by Crippen LogP contribution is -2.10. The minimum absolute atomic E-state index is 0.248. The van der Waals surface area contributed by atoms with Crippen LogP contribution in [0.5, 0.6) is 11.5 Å². The summed E-state index contributed by atoms with van der Waals surface area (Å²) in [6.07, 6.45) is 2.73. The molecule has 148 valence electrons. The number of phenols is 2. The number of carbonyl (C=O) groups excluding carboxylic acids is 2. The molecule has 0 aliphatic heterocycles. The molecular formula is C21H16ClNO5S. The number of amides is 1. The van der Waals surface area contributed by atoms with Crippen LogP contribution in [0.4, 0.5) is 5.69 Å². The molecule has 0 saturated carbocycles. The maximum Gasteiger partial charge on any atom is 0.350 e. The maximum absolute atomic E-state index is 12.3. The van der Waals surface area contributed by atoms with Gasteiger partial charge in [0.1, 0.15) is 4.88 Å². The second-order valence-corrected chi connectivity index (χ2v) is 7.41. The van der Waals surface area contributed by atoms with Crippen LogP contribution < -0.4 is 5.32 Å². The number of esters is 1. The van der Waals surface area contributed by atoms with Crippen LogP contribution in [-0.4, -0.2) is 29.2 Å². The predicted octanol–water partition coefficient (Wildman–Crippen LogP) is 4.92. The fraction of sp³-hybridized carbons (Fsp3) is 0.0476. The van der Waals surface area contributed by atoms with Crippen LogP contribution in [0.25, 0.3) is 16.5 Å². The fourth-order valence-electron chi connectivity index (χ4n) is 2.48. The summed E-state index contributed by atoms with van der Waals surface area (Å²) in [5.41, 5.74) is 1.70. The van der Waals surface area contributed by atoms with E-state index in [2.05, 4.69) is 5.32 Å². The number of nitrogens with one attached hydrogen (secondary N) is 1. The molecule has 3 N–H and O–H groups in total. The largest absolute Gasteiger partial charge is 0.504 e. The standard InChI is InChI=1S/C21H16ClNO5S/c1-28-21(27)20-15(11-18(29-20)13-4-6-14(22)7-5-13)23-19(26)9-3-12-2-8-16(24)17(25)10-12/h2-11,24-25H,1H3,(H,23,26). The Balaban J connectivity index is 1.83. The molecule has 6 nitrogen and oxygen atoms in total. The van der Waals surface area contributed by atoms with Gasteiger partial charge in [-0.1, -0.05) is 29.8 Å². The highest BCUT2D eigenvalue weighted by atomic mass is 35.5. The number of hydrogen-bond acceptors (Lipinski definition) is 6. The van der Waals surface area contributed by atoms with Crippen LogP contribution in [0.1, 0.15) is 15.2 Å². The highest BCUT2D eigenvalue weighted by Gasteiger charge is 2.19. The van der Waals surface area contributed by atoms with Crippen molar-refractivity contribution in [2.24, 2.45) is 0 Å². The van der Waals surface area contributed by atoms with Gasteiger partial charge in [0.05, 0.1) is 12.8 Å². The number of phenolic OH excluding ortho intramolecular Hbond substituents is 2. The number of thiophene rings is 1. The number of hydrogen-bond donors (Lipinski definition) is 3. The summed E-state index contributed by atoms with van der Waals surface area (Å²) in [7, 11) is 1.27. The molecule has 0 unspecified atom stereocenters. The Morgan fingerprint density at radius 2 is 1.79 bits per heavy atom. The molecule has 0 fully saturated rings. The highest BCUT2D eigenvalue weighted by molar-refractivity contribution is 7.18. The number of halogens is 1. The van der Waals surface area contributed by atoms with Gasteiger partial charge >= 0.3 is 5.97 Å². The van der Waals surface area contributed by atoms with Crippen molar-refractivity contribution in [3.05, 3.63) is 70.1 Å². The average Bonchev–Trinajstić information content (AvgIpc) is 3.12. The first-order valence-corrected chi connectivity index (χ1v) is 9.56. The molecule has 3 aromatic rings. The number of benzene rings is 2. The number of rotatable bonds is 5. The molecular weight excluding hydrogens is 414 g/mol. The van der Waals surface area contributed by atoms with Crippen molar-refractivity contribution in [3.8, 4) is 21.9 Å². The highest BCUT2D eigenvalue weighted by Crippen LogP contribution is 2.36. The van der Waals surface area contributed by atoms with Crippen molar-refractivity contribution in [2.75, 3.05) is 12.4 Å². The third-order valence-corrected chi connectivity index (χ3v) is 5.33. The molecule has 1 aromatic heterocycles. The molecule has 0 bridgehead atoms. The minimum atomic E-state index is -0.557.